The van der Waals surface area contributed by atoms with Crippen LogP contribution in [0, 0.1) is 0 Å². The fraction of sp³-hybridized carbons (Fsp3) is 0.333. The number of hydrogen-bond donors (Lipinski definition) is 0. The molecular formula is C33H42Cl2Si3Zr. The zero-order valence-electron chi connectivity index (χ0n) is 24.9. The van der Waals surface area contributed by atoms with Gasteiger partial charge in [-0.25, -0.2) is 0 Å². The van der Waals surface area contributed by atoms with Gasteiger partial charge in [-0.05, 0) is 0 Å². The molecule has 0 aromatic heterocycles. The molecule has 0 aliphatic heterocycles. The summed E-state index contributed by atoms with van der Waals surface area (Å²) in [4.78, 5) is 0. The Kier molecular flexibility index (Phi) is 7.56. The van der Waals surface area contributed by atoms with Crippen molar-refractivity contribution in [1.82, 2.24) is 0 Å². The fourth-order valence-electron chi connectivity index (χ4n) is 6.96. The molecule has 0 radical (unpaired) electrons. The maximum atomic E-state index is 8.63. The van der Waals surface area contributed by atoms with Crippen LogP contribution >= 0.6 is 17.0 Å². The number of hydrogen-bond acceptors (Lipinski definition) is 0. The van der Waals surface area contributed by atoms with E-state index in [9.17, 15) is 0 Å². The third kappa shape index (κ3) is 4.90. The van der Waals surface area contributed by atoms with E-state index in [-0.39, 0.29) is 7.25 Å². The van der Waals surface area contributed by atoms with Gasteiger partial charge in [-0.3, -0.25) is 0 Å². The quantitative estimate of drug-likeness (QED) is 0.236. The van der Waals surface area contributed by atoms with E-state index < -0.39 is 36.6 Å². The van der Waals surface area contributed by atoms with Crippen LogP contribution in [0.4, 0.5) is 0 Å². The molecule has 3 aromatic carbocycles. The van der Waals surface area contributed by atoms with Crippen molar-refractivity contribution in [2.75, 3.05) is 0 Å². The average molecular weight is 685 g/mol. The molecule has 0 N–H and O–H groups in total. The molecule has 0 saturated heterocycles. The van der Waals surface area contributed by atoms with Crippen LogP contribution in [0.5, 0.6) is 0 Å². The van der Waals surface area contributed by atoms with E-state index in [1.165, 1.54) is 49.0 Å². The number of halogens is 2. The van der Waals surface area contributed by atoms with E-state index in [0.717, 1.165) is 0 Å². The van der Waals surface area contributed by atoms with Gasteiger partial charge < -0.3 is 0 Å². The van der Waals surface area contributed by atoms with Crippen molar-refractivity contribution < 1.29 is 15.0 Å². The van der Waals surface area contributed by atoms with Crippen LogP contribution in [-0.2, 0) is 15.0 Å². The Morgan fingerprint density at radius 3 is 1.44 bits per heavy atom. The Morgan fingerprint density at radius 1 is 0.641 bits per heavy atom. The van der Waals surface area contributed by atoms with E-state index in [2.05, 4.69) is 139 Å². The van der Waals surface area contributed by atoms with Gasteiger partial charge in [0, 0.05) is 0 Å². The summed E-state index contributed by atoms with van der Waals surface area (Å²) >= 11 is -4.89. The summed E-state index contributed by atoms with van der Waals surface area (Å²) in [7, 11) is 14.2. The topological polar surface area (TPSA) is 0 Å². The van der Waals surface area contributed by atoms with Crippen molar-refractivity contribution in [3.05, 3.63) is 100 Å². The number of fused-ring (bicyclic) bond motifs is 2. The molecule has 5 rings (SSSR count). The Morgan fingerprint density at radius 2 is 1.05 bits per heavy atom. The number of rotatable bonds is 5. The first-order valence-electron chi connectivity index (χ1n) is 14.2. The van der Waals surface area contributed by atoms with Crippen molar-refractivity contribution in [2.45, 2.75) is 66.9 Å². The van der Waals surface area contributed by atoms with Gasteiger partial charge in [0.2, 0.25) is 0 Å². The summed E-state index contributed by atoms with van der Waals surface area (Å²) in [5, 5.41) is 4.34. The summed E-state index contributed by atoms with van der Waals surface area (Å²) < 4.78 is 0.213. The summed E-state index contributed by atoms with van der Waals surface area (Å²) in [6.07, 6.45) is 4.78. The Hall–Kier alpha value is -0.746. The second-order valence-corrected chi connectivity index (χ2v) is 60.9. The van der Waals surface area contributed by atoms with Gasteiger partial charge in [0.25, 0.3) is 0 Å². The number of benzene rings is 3. The summed E-state index contributed by atoms with van der Waals surface area (Å²) in [5.74, 6) is 0. The first-order chi connectivity index (χ1) is 18.0. The SMILES string of the molecule is CC1=Cc2ccc([Si](C)(C)C)cc2[CH]1[Zr]([Cl])([Cl])([CH]1C(C)=Cc2ccc([Si](C)(C)C)cc21)=[Si](C)c1ccccc1. The molecule has 3 aromatic rings. The van der Waals surface area contributed by atoms with Crippen molar-refractivity contribution in [2.24, 2.45) is 0 Å². The Balaban J connectivity index is 1.89. The van der Waals surface area contributed by atoms with E-state index >= 15 is 0 Å². The molecule has 39 heavy (non-hydrogen) atoms. The first-order valence-corrected chi connectivity index (χ1v) is 36.0. The average Bonchev–Trinajstić information content (AvgIpc) is 3.38. The van der Waals surface area contributed by atoms with Crippen LogP contribution in [0.3, 0.4) is 0 Å². The first kappa shape index (κ1) is 29.7. The Bertz CT molecular complexity index is 1520. The van der Waals surface area contributed by atoms with Crippen LogP contribution in [0.2, 0.25) is 45.8 Å². The normalized spacial score (nSPS) is 19.4. The zero-order valence-corrected chi connectivity index (χ0v) is 31.9. The molecule has 2 unspecified atom stereocenters. The van der Waals surface area contributed by atoms with Crippen LogP contribution in [0.1, 0.15) is 43.4 Å². The predicted molar refractivity (Wildman–Crippen MR) is 181 cm³/mol. The standard InChI is InChI=1S/2C13H17Si.C7H8Si.2ClH.Zr/c2*1-10-7-11-5-6-13(14(2,3)4)9-12(11)8-10;1-8-7-5-3-2-4-6-7;;;/h2*5-9H,1-4H3;2-6H,1H3;2*1H;/q;;;;;+2/p-2. The van der Waals surface area contributed by atoms with Gasteiger partial charge >= 0.3 is 248 Å². The molecule has 2 atom stereocenters. The second-order valence-electron chi connectivity index (χ2n) is 14.0. The van der Waals surface area contributed by atoms with Crippen LogP contribution in [0.25, 0.3) is 12.2 Å². The van der Waals surface area contributed by atoms with Gasteiger partial charge in [0.15, 0.2) is 0 Å². The van der Waals surface area contributed by atoms with Gasteiger partial charge in [-0.1, -0.05) is 0 Å². The molecule has 0 saturated carbocycles. The van der Waals surface area contributed by atoms with Crippen LogP contribution < -0.4 is 15.6 Å². The van der Waals surface area contributed by atoms with Gasteiger partial charge in [0.1, 0.15) is 0 Å². The third-order valence-corrected chi connectivity index (χ3v) is 56.2. The van der Waals surface area contributed by atoms with E-state index in [0.29, 0.717) is 0 Å². The Labute approximate surface area is 246 Å². The van der Waals surface area contributed by atoms with Crippen molar-refractivity contribution in [3.63, 3.8) is 0 Å². The fourth-order valence-corrected chi connectivity index (χ4v) is 47.7. The summed E-state index contributed by atoms with van der Waals surface area (Å²) in [6.45, 7) is 21.6. The summed E-state index contributed by atoms with van der Waals surface area (Å²) in [6, 6.07) is 25.4. The molecule has 0 heterocycles. The summed E-state index contributed by atoms with van der Waals surface area (Å²) in [5.41, 5.74) is 6.81. The molecule has 2 aliphatic carbocycles. The minimum atomic E-state index is -4.89. The molecule has 0 fully saturated rings. The van der Waals surface area contributed by atoms with Gasteiger partial charge in [0.05, 0.1) is 0 Å². The van der Waals surface area contributed by atoms with E-state index in [1.807, 2.05) is 0 Å². The van der Waals surface area contributed by atoms with Crippen molar-refractivity contribution >= 4 is 66.3 Å². The molecule has 204 valence electrons. The zero-order chi connectivity index (χ0) is 28.6. The van der Waals surface area contributed by atoms with E-state index in [4.69, 9.17) is 17.0 Å². The molecular weight excluding hydrogens is 643 g/mol. The maximum absolute atomic E-state index is 8.63. The minimum absolute atomic E-state index is 0.106. The van der Waals surface area contributed by atoms with E-state index in [1.54, 1.807) is 0 Å². The van der Waals surface area contributed by atoms with Gasteiger partial charge in [-0.2, -0.15) is 0 Å². The van der Waals surface area contributed by atoms with Crippen LogP contribution in [-0.4, -0.2) is 21.6 Å². The second kappa shape index (κ2) is 9.92. The molecule has 0 bridgehead atoms. The molecule has 0 nitrogen and oxygen atoms in total. The molecule has 2 aliphatic rings. The predicted octanol–water partition coefficient (Wildman–Crippen LogP) is 8.92. The molecule has 0 amide bonds. The van der Waals surface area contributed by atoms with Gasteiger partial charge in [-0.15, -0.1) is 0 Å². The van der Waals surface area contributed by atoms with Crippen LogP contribution in [0.15, 0.2) is 77.9 Å². The molecule has 6 heteroatoms. The molecule has 0 spiro atoms. The monoisotopic (exact) mass is 682 g/mol. The third-order valence-electron chi connectivity index (χ3n) is 9.19. The number of allylic oxidation sites excluding steroid dienone is 2. The van der Waals surface area contributed by atoms with Crippen molar-refractivity contribution in [1.29, 1.82) is 0 Å². The van der Waals surface area contributed by atoms with Crippen molar-refractivity contribution in [3.8, 4) is 0 Å².